The molecule has 0 unspecified atom stereocenters. The maximum atomic E-state index is 13.9. The second-order valence-corrected chi connectivity index (χ2v) is 5.79. The number of halogens is 2. The minimum Gasteiger partial charge on any atom is -0.495 e. The van der Waals surface area contributed by atoms with Crippen LogP contribution in [0.15, 0.2) is 12.1 Å². The van der Waals surface area contributed by atoms with Gasteiger partial charge >= 0.3 is 5.97 Å². The molecule has 0 radical (unpaired) electrons. The van der Waals surface area contributed by atoms with E-state index in [-0.39, 0.29) is 18.1 Å². The van der Waals surface area contributed by atoms with Gasteiger partial charge in [0.05, 0.1) is 17.5 Å². The topological polar surface area (TPSA) is 67.8 Å². The summed E-state index contributed by atoms with van der Waals surface area (Å²) in [6.45, 7) is 1.32. The number of hydrogen-bond donors (Lipinski definition) is 2. The summed E-state index contributed by atoms with van der Waals surface area (Å²) < 4.78 is 24.1. The summed E-state index contributed by atoms with van der Waals surface area (Å²) in [5.74, 6) is -0.911. The van der Waals surface area contributed by atoms with E-state index in [4.69, 9.17) is 21.1 Å². The van der Waals surface area contributed by atoms with Crippen molar-refractivity contribution in [3.63, 3.8) is 0 Å². The molecule has 2 N–H and O–H groups in total. The molecule has 0 bridgehead atoms. The Bertz CT molecular complexity index is 547. The van der Waals surface area contributed by atoms with Crippen LogP contribution in [0.5, 0.6) is 5.75 Å². The molecule has 1 aromatic carbocycles. The summed E-state index contributed by atoms with van der Waals surface area (Å²) in [6, 6.07) is 2.71. The van der Waals surface area contributed by atoms with Crippen LogP contribution >= 0.6 is 11.6 Å². The zero-order valence-electron chi connectivity index (χ0n) is 12.3. The van der Waals surface area contributed by atoms with Crippen LogP contribution in [0.4, 0.5) is 4.39 Å². The zero-order chi connectivity index (χ0) is 16.2. The molecule has 1 heterocycles. The Morgan fingerprint density at radius 3 is 2.77 bits per heavy atom. The highest BCUT2D eigenvalue weighted by Crippen LogP contribution is 2.31. The number of hydrogen-bond acceptors (Lipinski definition) is 4. The van der Waals surface area contributed by atoms with E-state index in [1.807, 2.05) is 0 Å². The van der Waals surface area contributed by atoms with Gasteiger partial charge in [0.1, 0.15) is 11.6 Å². The van der Waals surface area contributed by atoms with E-state index in [1.165, 1.54) is 19.2 Å². The van der Waals surface area contributed by atoms with Crippen molar-refractivity contribution in [3.05, 3.63) is 28.5 Å². The van der Waals surface area contributed by atoms with E-state index in [0.29, 0.717) is 37.4 Å². The lowest BCUT2D eigenvalue weighted by Gasteiger charge is -2.33. The highest BCUT2D eigenvalue weighted by molar-refractivity contribution is 6.32. The number of nitrogens with one attached hydrogen (secondary N) is 1. The Morgan fingerprint density at radius 1 is 1.50 bits per heavy atom. The fourth-order valence-corrected chi connectivity index (χ4v) is 2.76. The predicted octanol–water partition coefficient (Wildman–Crippen LogP) is 2.46. The van der Waals surface area contributed by atoms with Crippen molar-refractivity contribution >= 4 is 17.6 Å². The van der Waals surface area contributed by atoms with Gasteiger partial charge in [-0.1, -0.05) is 11.6 Å². The fourth-order valence-electron chi connectivity index (χ4n) is 2.53. The van der Waals surface area contributed by atoms with Gasteiger partial charge < -0.3 is 19.9 Å². The minimum absolute atomic E-state index is 0.204. The van der Waals surface area contributed by atoms with Gasteiger partial charge in [-0.3, -0.25) is 4.79 Å². The zero-order valence-corrected chi connectivity index (χ0v) is 13.1. The molecule has 5 nitrogen and oxygen atoms in total. The number of ether oxygens (including phenoxy) is 2. The van der Waals surface area contributed by atoms with E-state index < -0.39 is 17.2 Å². The quantitative estimate of drug-likeness (QED) is 0.838. The van der Waals surface area contributed by atoms with E-state index in [1.54, 1.807) is 0 Å². The van der Waals surface area contributed by atoms with Crippen LogP contribution < -0.4 is 10.1 Å². The normalized spacial score (nSPS) is 17.2. The summed E-state index contributed by atoms with van der Waals surface area (Å²) in [5.41, 5.74) is -0.473. The highest BCUT2D eigenvalue weighted by Gasteiger charge is 2.39. The van der Waals surface area contributed by atoms with Gasteiger partial charge in [0.15, 0.2) is 0 Å². The number of methoxy groups -OCH3 is 1. The maximum absolute atomic E-state index is 13.9. The monoisotopic (exact) mass is 331 g/mol. The number of carboxylic acids is 1. The highest BCUT2D eigenvalue weighted by atomic mass is 35.5. The summed E-state index contributed by atoms with van der Waals surface area (Å²) in [5, 5.41) is 12.7. The average Bonchev–Trinajstić information content (AvgIpc) is 2.50. The van der Waals surface area contributed by atoms with Gasteiger partial charge in [0, 0.05) is 31.9 Å². The first-order valence-electron chi connectivity index (χ1n) is 7.02. The molecule has 0 amide bonds. The van der Waals surface area contributed by atoms with Crippen LogP contribution in [0.1, 0.15) is 18.4 Å². The maximum Gasteiger partial charge on any atom is 0.311 e. The molecule has 0 aliphatic carbocycles. The molecular weight excluding hydrogens is 313 g/mol. The van der Waals surface area contributed by atoms with E-state index >= 15 is 0 Å². The third-order valence-electron chi connectivity index (χ3n) is 4.00. The third-order valence-corrected chi connectivity index (χ3v) is 4.30. The first-order chi connectivity index (χ1) is 10.5. The second kappa shape index (κ2) is 7.26. The van der Waals surface area contributed by atoms with Crippen LogP contribution in [0, 0.1) is 11.2 Å². The Hall–Kier alpha value is -1.37. The molecule has 22 heavy (non-hydrogen) atoms. The molecule has 0 atom stereocenters. The molecule has 2 rings (SSSR count). The van der Waals surface area contributed by atoms with Crippen molar-refractivity contribution in [2.24, 2.45) is 5.41 Å². The van der Waals surface area contributed by atoms with Gasteiger partial charge in [0.2, 0.25) is 0 Å². The number of carbonyl (C=O) groups is 1. The predicted molar refractivity (Wildman–Crippen MR) is 79.8 cm³/mol. The van der Waals surface area contributed by atoms with Crippen LogP contribution in [-0.4, -0.2) is 37.9 Å². The van der Waals surface area contributed by atoms with Gasteiger partial charge in [-0.15, -0.1) is 0 Å². The van der Waals surface area contributed by atoms with E-state index in [9.17, 15) is 14.3 Å². The number of benzene rings is 1. The summed E-state index contributed by atoms with van der Waals surface area (Å²) in [6.07, 6.45) is 0.892. The van der Waals surface area contributed by atoms with Crippen molar-refractivity contribution in [1.29, 1.82) is 0 Å². The Balaban J connectivity index is 2.02. The Morgan fingerprint density at radius 2 is 2.18 bits per heavy atom. The van der Waals surface area contributed by atoms with Crippen molar-refractivity contribution in [1.82, 2.24) is 5.32 Å². The number of carboxylic acid groups (broad SMARTS) is 1. The molecule has 7 heteroatoms. The lowest BCUT2D eigenvalue weighted by Crippen LogP contribution is -2.45. The molecule has 1 saturated heterocycles. The molecule has 0 saturated carbocycles. The van der Waals surface area contributed by atoms with Crippen molar-refractivity contribution in [2.75, 3.05) is 26.9 Å². The Kier molecular flexibility index (Phi) is 5.61. The molecule has 1 aliphatic heterocycles. The van der Waals surface area contributed by atoms with E-state index in [2.05, 4.69) is 5.32 Å². The van der Waals surface area contributed by atoms with Crippen molar-refractivity contribution in [3.8, 4) is 5.75 Å². The summed E-state index contributed by atoms with van der Waals surface area (Å²) >= 11 is 5.84. The first-order valence-corrected chi connectivity index (χ1v) is 7.40. The van der Waals surface area contributed by atoms with Crippen LogP contribution in [0.25, 0.3) is 0 Å². The molecule has 1 aliphatic rings. The van der Waals surface area contributed by atoms with Gasteiger partial charge in [-0.05, 0) is 25.0 Å². The molecule has 0 spiro atoms. The smallest absolute Gasteiger partial charge is 0.311 e. The fraction of sp³-hybridized carbons (Fsp3) is 0.533. The van der Waals surface area contributed by atoms with Crippen LogP contribution in [-0.2, 0) is 16.1 Å². The van der Waals surface area contributed by atoms with Crippen LogP contribution in [0.2, 0.25) is 5.02 Å². The molecule has 0 aromatic heterocycles. The largest absolute Gasteiger partial charge is 0.495 e. The number of rotatable bonds is 6. The molecular formula is C15H19ClFNO4. The first kappa shape index (κ1) is 17.0. The SMILES string of the molecule is COc1cc(CNCC2(C(=O)O)CCOCC2)c(F)cc1Cl. The summed E-state index contributed by atoms with van der Waals surface area (Å²) in [4.78, 5) is 11.5. The Labute approximate surface area is 133 Å². The van der Waals surface area contributed by atoms with E-state index in [0.717, 1.165) is 0 Å². The average molecular weight is 332 g/mol. The summed E-state index contributed by atoms with van der Waals surface area (Å²) in [7, 11) is 1.46. The number of aliphatic carboxylic acids is 1. The van der Waals surface area contributed by atoms with Crippen LogP contribution in [0.3, 0.4) is 0 Å². The van der Waals surface area contributed by atoms with Gasteiger partial charge in [0.25, 0.3) is 0 Å². The second-order valence-electron chi connectivity index (χ2n) is 5.38. The minimum atomic E-state index is -0.856. The van der Waals surface area contributed by atoms with Gasteiger partial charge in [-0.2, -0.15) is 0 Å². The van der Waals surface area contributed by atoms with Gasteiger partial charge in [-0.25, -0.2) is 4.39 Å². The van der Waals surface area contributed by atoms with Crippen molar-refractivity contribution in [2.45, 2.75) is 19.4 Å². The molecule has 1 aromatic rings. The molecule has 1 fully saturated rings. The lowest BCUT2D eigenvalue weighted by molar-refractivity contribution is -0.154. The third kappa shape index (κ3) is 3.69. The standard InChI is InChI=1S/C15H19ClFNO4/c1-21-13-6-10(12(17)7-11(13)16)8-18-9-15(14(19)20)2-4-22-5-3-15/h6-7,18H,2-5,8-9H2,1H3,(H,19,20). The molecule has 122 valence electrons. The van der Waals surface area contributed by atoms with Crippen molar-refractivity contribution < 1.29 is 23.8 Å². The lowest BCUT2D eigenvalue weighted by atomic mass is 9.80.